The lowest BCUT2D eigenvalue weighted by Crippen LogP contribution is -2.36. The van der Waals surface area contributed by atoms with E-state index in [1.807, 2.05) is 20.8 Å². The molecule has 0 spiro atoms. The van der Waals surface area contributed by atoms with Crippen LogP contribution in [0.1, 0.15) is 27.2 Å². The number of likely N-dealkylation sites (N-methyl/N-ethyl adjacent to an activating group) is 1. The van der Waals surface area contributed by atoms with E-state index in [9.17, 15) is 9.59 Å². The van der Waals surface area contributed by atoms with Crippen molar-refractivity contribution < 1.29 is 4.79 Å². The van der Waals surface area contributed by atoms with Crippen molar-refractivity contribution >= 4 is 5.91 Å². The number of imidazole rings is 1. The molecule has 1 aromatic rings. The molecule has 96 valence electrons. The molecular formula is C12H21N3O2. The Balaban J connectivity index is 2.75. The molecule has 0 fully saturated rings. The van der Waals surface area contributed by atoms with Crippen LogP contribution in [0.5, 0.6) is 0 Å². The summed E-state index contributed by atoms with van der Waals surface area (Å²) in [4.78, 5) is 25.4. The summed E-state index contributed by atoms with van der Waals surface area (Å²) in [5, 5.41) is 0. The van der Waals surface area contributed by atoms with Crippen molar-refractivity contribution in [1.82, 2.24) is 14.0 Å². The van der Waals surface area contributed by atoms with E-state index in [0.29, 0.717) is 19.6 Å². The van der Waals surface area contributed by atoms with Crippen LogP contribution in [0.4, 0.5) is 0 Å². The normalized spacial score (nSPS) is 10.5. The van der Waals surface area contributed by atoms with Gasteiger partial charge in [-0.1, -0.05) is 6.92 Å². The Morgan fingerprint density at radius 1 is 1.18 bits per heavy atom. The number of carbonyl (C=O) groups excluding carboxylic acids is 1. The SMILES string of the molecule is CCCn1ccn(CC(=O)N(CC)CC)c1=O. The van der Waals surface area contributed by atoms with E-state index in [4.69, 9.17) is 0 Å². The Hall–Kier alpha value is -1.52. The van der Waals surface area contributed by atoms with E-state index in [1.54, 1.807) is 21.9 Å². The summed E-state index contributed by atoms with van der Waals surface area (Å²) in [6.45, 7) is 8.09. The number of aromatic nitrogens is 2. The van der Waals surface area contributed by atoms with Crippen LogP contribution >= 0.6 is 0 Å². The standard InChI is InChI=1S/C12H21N3O2/c1-4-7-14-8-9-15(12(14)17)10-11(16)13(5-2)6-3/h8-9H,4-7,10H2,1-3H3. The largest absolute Gasteiger partial charge is 0.342 e. The number of amides is 1. The minimum absolute atomic E-state index is 0.00801. The van der Waals surface area contributed by atoms with Gasteiger partial charge < -0.3 is 4.90 Å². The van der Waals surface area contributed by atoms with Gasteiger partial charge in [-0.25, -0.2) is 4.79 Å². The van der Waals surface area contributed by atoms with Gasteiger partial charge in [0.05, 0.1) is 0 Å². The molecule has 0 N–H and O–H groups in total. The lowest BCUT2D eigenvalue weighted by molar-refractivity contribution is -0.131. The van der Waals surface area contributed by atoms with Gasteiger partial charge in [0.1, 0.15) is 6.54 Å². The van der Waals surface area contributed by atoms with E-state index in [1.165, 1.54) is 4.57 Å². The Morgan fingerprint density at radius 3 is 2.29 bits per heavy atom. The summed E-state index contributed by atoms with van der Waals surface area (Å²) in [6, 6.07) is 0. The minimum Gasteiger partial charge on any atom is -0.342 e. The molecule has 0 aliphatic heterocycles. The first-order valence-corrected chi connectivity index (χ1v) is 6.17. The van der Waals surface area contributed by atoms with Gasteiger partial charge in [-0.15, -0.1) is 0 Å². The first-order chi connectivity index (χ1) is 8.13. The molecule has 0 unspecified atom stereocenters. The molecule has 5 heteroatoms. The van der Waals surface area contributed by atoms with Crippen LogP contribution in [0.15, 0.2) is 17.2 Å². The molecule has 0 atom stereocenters. The topological polar surface area (TPSA) is 47.2 Å². The number of nitrogens with zero attached hydrogens (tertiary/aromatic N) is 3. The predicted octanol–water partition coefficient (Wildman–Crippen LogP) is 0.928. The van der Waals surface area contributed by atoms with Gasteiger partial charge in [-0.2, -0.15) is 0 Å². The fraction of sp³-hybridized carbons (Fsp3) is 0.667. The summed E-state index contributed by atoms with van der Waals surface area (Å²) in [5.41, 5.74) is -0.104. The third-order valence-electron chi connectivity index (χ3n) is 2.80. The summed E-state index contributed by atoms with van der Waals surface area (Å²) in [7, 11) is 0. The van der Waals surface area contributed by atoms with E-state index < -0.39 is 0 Å². The summed E-state index contributed by atoms with van der Waals surface area (Å²) in [6.07, 6.45) is 4.33. The van der Waals surface area contributed by atoms with Crippen molar-refractivity contribution in [3.05, 3.63) is 22.9 Å². The van der Waals surface area contributed by atoms with Gasteiger partial charge in [0.25, 0.3) is 0 Å². The monoisotopic (exact) mass is 239 g/mol. The number of hydrogen-bond acceptors (Lipinski definition) is 2. The molecule has 0 bridgehead atoms. The Kier molecular flexibility index (Phi) is 5.00. The molecule has 1 heterocycles. The van der Waals surface area contributed by atoms with Crippen molar-refractivity contribution in [3.63, 3.8) is 0 Å². The molecule has 1 rings (SSSR count). The summed E-state index contributed by atoms with van der Waals surface area (Å²) < 4.78 is 3.10. The van der Waals surface area contributed by atoms with Crippen LogP contribution in [-0.2, 0) is 17.9 Å². The lowest BCUT2D eigenvalue weighted by atomic mass is 10.4. The van der Waals surface area contributed by atoms with Gasteiger partial charge in [-0.05, 0) is 20.3 Å². The quantitative estimate of drug-likeness (QED) is 0.741. The smallest absolute Gasteiger partial charge is 0.328 e. The second-order valence-electron chi connectivity index (χ2n) is 3.97. The van der Waals surface area contributed by atoms with Crippen LogP contribution < -0.4 is 5.69 Å². The zero-order chi connectivity index (χ0) is 12.8. The molecule has 17 heavy (non-hydrogen) atoms. The van der Waals surface area contributed by atoms with Gasteiger partial charge >= 0.3 is 5.69 Å². The highest BCUT2D eigenvalue weighted by molar-refractivity contribution is 5.75. The van der Waals surface area contributed by atoms with Crippen LogP contribution in [0.3, 0.4) is 0 Å². The third kappa shape index (κ3) is 3.22. The van der Waals surface area contributed by atoms with Crippen LogP contribution in [0.25, 0.3) is 0 Å². The first-order valence-electron chi connectivity index (χ1n) is 6.17. The molecule has 5 nitrogen and oxygen atoms in total. The van der Waals surface area contributed by atoms with Gasteiger partial charge in [0.2, 0.25) is 5.91 Å². The van der Waals surface area contributed by atoms with E-state index in [0.717, 1.165) is 6.42 Å². The average molecular weight is 239 g/mol. The highest BCUT2D eigenvalue weighted by Gasteiger charge is 2.12. The highest BCUT2D eigenvalue weighted by atomic mass is 16.2. The Morgan fingerprint density at radius 2 is 1.76 bits per heavy atom. The van der Waals surface area contributed by atoms with Gasteiger partial charge in [0.15, 0.2) is 0 Å². The number of hydrogen-bond donors (Lipinski definition) is 0. The fourth-order valence-corrected chi connectivity index (χ4v) is 1.81. The molecule has 0 saturated heterocycles. The average Bonchev–Trinajstić information content (AvgIpc) is 2.64. The summed E-state index contributed by atoms with van der Waals surface area (Å²) in [5.74, 6) is -0.00801. The van der Waals surface area contributed by atoms with Crippen molar-refractivity contribution in [3.8, 4) is 0 Å². The fourth-order valence-electron chi connectivity index (χ4n) is 1.81. The Labute approximate surface area is 102 Å². The Bertz CT molecular complexity index is 416. The predicted molar refractivity (Wildman–Crippen MR) is 66.9 cm³/mol. The third-order valence-corrected chi connectivity index (χ3v) is 2.80. The molecule has 0 aliphatic carbocycles. The zero-order valence-electron chi connectivity index (χ0n) is 10.8. The van der Waals surface area contributed by atoms with E-state index in [2.05, 4.69) is 0 Å². The second-order valence-corrected chi connectivity index (χ2v) is 3.97. The lowest BCUT2D eigenvalue weighted by Gasteiger charge is -2.18. The second kappa shape index (κ2) is 6.27. The summed E-state index contributed by atoms with van der Waals surface area (Å²) >= 11 is 0. The molecule has 0 radical (unpaired) electrons. The molecule has 0 aromatic carbocycles. The number of aryl methyl sites for hydroxylation is 1. The minimum atomic E-state index is -0.104. The maximum Gasteiger partial charge on any atom is 0.328 e. The van der Waals surface area contributed by atoms with Crippen molar-refractivity contribution in [2.75, 3.05) is 13.1 Å². The zero-order valence-corrected chi connectivity index (χ0v) is 10.8. The number of rotatable bonds is 6. The maximum atomic E-state index is 11.9. The van der Waals surface area contributed by atoms with Crippen molar-refractivity contribution in [2.24, 2.45) is 0 Å². The number of carbonyl (C=O) groups is 1. The molecule has 0 aliphatic rings. The molecule has 1 aromatic heterocycles. The first kappa shape index (κ1) is 13.5. The van der Waals surface area contributed by atoms with Crippen LogP contribution in [0.2, 0.25) is 0 Å². The maximum absolute atomic E-state index is 11.9. The molecule has 1 amide bonds. The van der Waals surface area contributed by atoms with Crippen LogP contribution in [-0.4, -0.2) is 33.0 Å². The van der Waals surface area contributed by atoms with E-state index in [-0.39, 0.29) is 18.1 Å². The molecular weight excluding hydrogens is 218 g/mol. The van der Waals surface area contributed by atoms with Crippen LogP contribution in [0, 0.1) is 0 Å². The van der Waals surface area contributed by atoms with E-state index >= 15 is 0 Å². The van der Waals surface area contributed by atoms with Gasteiger partial charge in [-0.3, -0.25) is 13.9 Å². The highest BCUT2D eigenvalue weighted by Crippen LogP contribution is 1.94. The van der Waals surface area contributed by atoms with Crippen molar-refractivity contribution in [2.45, 2.75) is 40.3 Å². The van der Waals surface area contributed by atoms with Gasteiger partial charge in [0, 0.05) is 32.0 Å². The van der Waals surface area contributed by atoms with Crippen molar-refractivity contribution in [1.29, 1.82) is 0 Å². The molecule has 0 saturated carbocycles.